The zero-order valence-electron chi connectivity index (χ0n) is 10.1. The third-order valence-electron chi connectivity index (χ3n) is 1.85. The molecule has 0 radical (unpaired) electrons. The molecule has 0 saturated carbocycles. The lowest BCUT2D eigenvalue weighted by Gasteiger charge is -2.24. The van der Waals surface area contributed by atoms with E-state index in [-0.39, 0.29) is 10.5 Å². The van der Waals surface area contributed by atoms with Crippen LogP contribution in [0.2, 0.25) is 0 Å². The lowest BCUT2D eigenvalue weighted by atomic mass is 10.4. The highest BCUT2D eigenvalue weighted by Gasteiger charge is 2.22. The van der Waals surface area contributed by atoms with Crippen molar-refractivity contribution in [3.05, 3.63) is 25.3 Å². The smallest absolute Gasteiger partial charge is 0.246 e. The zero-order chi connectivity index (χ0) is 12.4. The van der Waals surface area contributed by atoms with Crippen LogP contribution in [0.4, 0.5) is 0 Å². The van der Waals surface area contributed by atoms with Crippen molar-refractivity contribution >= 4 is 29.4 Å². The predicted octanol–water partition coefficient (Wildman–Crippen LogP) is 3.02. The third-order valence-corrected chi connectivity index (χ3v) is 4.34. The molecule has 0 aromatic heterocycles. The molecule has 0 saturated heterocycles. The number of carbonyl (C=O) groups excluding carboxylic acids is 1. The molecule has 92 valence electrons. The lowest BCUT2D eigenvalue weighted by Crippen LogP contribution is -2.37. The van der Waals surface area contributed by atoms with Crippen molar-refractivity contribution in [1.82, 2.24) is 4.90 Å². The molecule has 0 unspecified atom stereocenters. The third kappa shape index (κ3) is 5.66. The van der Waals surface area contributed by atoms with Crippen molar-refractivity contribution in [2.75, 3.05) is 24.6 Å². The summed E-state index contributed by atoms with van der Waals surface area (Å²) >= 11 is 3.38. The van der Waals surface area contributed by atoms with Gasteiger partial charge in [0.25, 0.3) is 0 Å². The molecule has 0 atom stereocenters. The van der Waals surface area contributed by atoms with Crippen molar-refractivity contribution in [1.29, 1.82) is 0 Å². The minimum absolute atomic E-state index is 0.00917. The van der Waals surface area contributed by atoms with E-state index in [1.807, 2.05) is 0 Å². The van der Waals surface area contributed by atoms with Gasteiger partial charge in [-0.3, -0.25) is 4.79 Å². The molecule has 0 rings (SSSR count). The molecule has 16 heavy (non-hydrogen) atoms. The topological polar surface area (TPSA) is 20.3 Å². The first kappa shape index (κ1) is 15.7. The molecule has 1 amide bonds. The first-order valence-corrected chi connectivity index (χ1v) is 7.54. The number of hydrogen-bond donors (Lipinski definition) is 0. The summed E-state index contributed by atoms with van der Waals surface area (Å²) in [6, 6.07) is 0. The summed E-state index contributed by atoms with van der Waals surface area (Å²) < 4.78 is 0.00917. The molecule has 0 N–H and O–H groups in total. The van der Waals surface area contributed by atoms with Gasteiger partial charge in [0.15, 0.2) is 0 Å². The van der Waals surface area contributed by atoms with Crippen molar-refractivity contribution in [3.8, 4) is 0 Å². The van der Waals surface area contributed by atoms with Gasteiger partial charge in [-0.05, 0) is 11.5 Å². The summed E-state index contributed by atoms with van der Waals surface area (Å²) in [4.78, 5) is 14.0. The second kappa shape index (κ2) is 9.85. The molecule has 0 aromatic rings. The van der Waals surface area contributed by atoms with E-state index < -0.39 is 0 Å². The number of thioether (sulfide) groups is 2. The maximum Gasteiger partial charge on any atom is 0.246 e. The Bertz CT molecular complexity index is 215. The monoisotopic (exact) mass is 259 g/mol. The highest BCUT2D eigenvalue weighted by atomic mass is 32.2. The van der Waals surface area contributed by atoms with E-state index >= 15 is 0 Å². The number of carbonyl (C=O) groups is 1. The Morgan fingerprint density at radius 2 is 1.62 bits per heavy atom. The maximum atomic E-state index is 12.2. The maximum absolute atomic E-state index is 12.2. The van der Waals surface area contributed by atoms with Crippen LogP contribution in [-0.2, 0) is 4.79 Å². The Morgan fingerprint density at radius 3 is 1.94 bits per heavy atom. The molecule has 2 nitrogen and oxygen atoms in total. The van der Waals surface area contributed by atoms with Gasteiger partial charge in [-0.15, -0.1) is 36.7 Å². The van der Waals surface area contributed by atoms with Gasteiger partial charge >= 0.3 is 0 Å². The van der Waals surface area contributed by atoms with E-state index in [1.165, 1.54) is 0 Å². The number of rotatable bonds is 9. The normalized spacial score (nSPS) is 10.2. The second-order valence-electron chi connectivity index (χ2n) is 3.06. The number of nitrogens with zero attached hydrogens (tertiary/aromatic N) is 1. The summed E-state index contributed by atoms with van der Waals surface area (Å²) in [5.74, 6) is 2.09. The first-order valence-electron chi connectivity index (χ1n) is 5.44. The molecule has 0 aliphatic rings. The Morgan fingerprint density at radius 1 is 1.19 bits per heavy atom. The highest BCUT2D eigenvalue weighted by molar-refractivity contribution is 8.18. The predicted molar refractivity (Wildman–Crippen MR) is 77.0 cm³/mol. The minimum atomic E-state index is 0.00917. The average Bonchev–Trinajstić information content (AvgIpc) is 2.27. The fraction of sp³-hybridized carbons (Fsp3) is 0.583. The summed E-state index contributed by atoms with van der Waals surface area (Å²) in [5, 5.41) is 0. The van der Waals surface area contributed by atoms with Gasteiger partial charge in [-0.1, -0.05) is 26.0 Å². The number of hydrogen-bond acceptors (Lipinski definition) is 3. The zero-order valence-corrected chi connectivity index (χ0v) is 11.8. The molecule has 0 spiro atoms. The summed E-state index contributed by atoms with van der Waals surface area (Å²) in [7, 11) is 0. The van der Waals surface area contributed by atoms with Crippen LogP contribution < -0.4 is 0 Å². The summed E-state index contributed by atoms with van der Waals surface area (Å²) in [6.07, 6.45) is 3.51. The van der Waals surface area contributed by atoms with Crippen molar-refractivity contribution in [2.24, 2.45) is 0 Å². The van der Waals surface area contributed by atoms with Crippen molar-refractivity contribution in [2.45, 2.75) is 18.4 Å². The standard InChI is InChI=1S/C12H21NOS2/c1-5-9-13(10-6-2)11(14)12(15-7-3)16-8-4/h5-6,12H,1-2,7-10H2,3-4H3. The van der Waals surface area contributed by atoms with E-state index in [2.05, 4.69) is 27.0 Å². The fourth-order valence-electron chi connectivity index (χ4n) is 1.21. The fourth-order valence-corrected chi connectivity index (χ4v) is 3.60. The highest BCUT2D eigenvalue weighted by Crippen LogP contribution is 2.25. The van der Waals surface area contributed by atoms with E-state index in [0.29, 0.717) is 13.1 Å². The van der Waals surface area contributed by atoms with Gasteiger partial charge < -0.3 is 4.90 Å². The molecular weight excluding hydrogens is 238 g/mol. The van der Waals surface area contributed by atoms with Crippen LogP contribution in [0.5, 0.6) is 0 Å². The Balaban J connectivity index is 4.49. The molecule has 0 aliphatic heterocycles. The van der Waals surface area contributed by atoms with Crippen LogP contribution in [-0.4, -0.2) is 40.0 Å². The summed E-state index contributed by atoms with van der Waals surface area (Å²) in [6.45, 7) is 12.7. The van der Waals surface area contributed by atoms with Crippen molar-refractivity contribution < 1.29 is 4.79 Å². The van der Waals surface area contributed by atoms with Crippen LogP contribution in [0.25, 0.3) is 0 Å². The Labute approximate surface area is 108 Å². The molecule has 4 heteroatoms. The van der Waals surface area contributed by atoms with Gasteiger partial charge in [0.2, 0.25) is 5.91 Å². The van der Waals surface area contributed by atoms with E-state index in [4.69, 9.17) is 0 Å². The Kier molecular flexibility index (Phi) is 9.63. The lowest BCUT2D eigenvalue weighted by molar-refractivity contribution is -0.128. The molecule has 0 aromatic carbocycles. The van der Waals surface area contributed by atoms with Crippen LogP contribution in [0, 0.1) is 0 Å². The SMILES string of the molecule is C=CCN(CC=C)C(=O)C(SCC)SCC. The van der Waals surface area contributed by atoms with Gasteiger partial charge in [0.1, 0.15) is 4.58 Å². The first-order chi connectivity index (χ1) is 7.71. The van der Waals surface area contributed by atoms with Crippen LogP contribution in [0.15, 0.2) is 25.3 Å². The molecule has 0 heterocycles. The molecular formula is C12H21NOS2. The average molecular weight is 259 g/mol. The largest absolute Gasteiger partial charge is 0.334 e. The van der Waals surface area contributed by atoms with Gasteiger partial charge in [0.05, 0.1) is 0 Å². The quantitative estimate of drug-likeness (QED) is 0.469. The van der Waals surface area contributed by atoms with Crippen molar-refractivity contribution in [3.63, 3.8) is 0 Å². The van der Waals surface area contributed by atoms with E-state index in [9.17, 15) is 4.79 Å². The van der Waals surface area contributed by atoms with E-state index in [0.717, 1.165) is 11.5 Å². The van der Waals surface area contributed by atoms with Gasteiger partial charge in [0, 0.05) is 13.1 Å². The van der Waals surface area contributed by atoms with E-state index in [1.54, 1.807) is 40.6 Å². The van der Waals surface area contributed by atoms with Gasteiger partial charge in [-0.2, -0.15) is 0 Å². The van der Waals surface area contributed by atoms with Crippen LogP contribution in [0.1, 0.15) is 13.8 Å². The second-order valence-corrected chi connectivity index (χ2v) is 6.13. The molecule has 0 aliphatic carbocycles. The number of amides is 1. The molecule has 0 bridgehead atoms. The van der Waals surface area contributed by atoms with Gasteiger partial charge in [-0.25, -0.2) is 0 Å². The Hall–Kier alpha value is -0.350. The minimum Gasteiger partial charge on any atom is -0.334 e. The molecule has 0 fully saturated rings. The van der Waals surface area contributed by atoms with Crippen LogP contribution in [0.3, 0.4) is 0 Å². The van der Waals surface area contributed by atoms with Crippen LogP contribution >= 0.6 is 23.5 Å². The summed E-state index contributed by atoms with van der Waals surface area (Å²) in [5.41, 5.74) is 0.